The number of fused-ring (bicyclic) bond motifs is 1. The van der Waals surface area contributed by atoms with E-state index in [1.807, 2.05) is 42.5 Å². The normalized spacial score (nSPS) is 18.6. The Kier molecular flexibility index (Phi) is 5.96. The second kappa shape index (κ2) is 8.67. The number of carbonyl (C=O) groups excluding carboxylic acids is 1. The Morgan fingerprint density at radius 1 is 1.10 bits per heavy atom. The maximum absolute atomic E-state index is 13.4. The summed E-state index contributed by atoms with van der Waals surface area (Å²) in [6.45, 7) is 1.92. The molecule has 0 saturated carbocycles. The van der Waals surface area contributed by atoms with E-state index < -0.39 is 22.0 Å². The Labute approximate surface area is 181 Å². The molecule has 1 amide bonds. The number of hydrogen-bond donors (Lipinski definition) is 0. The lowest BCUT2D eigenvalue weighted by molar-refractivity contribution is -0.140. The molecule has 3 aromatic carbocycles. The zero-order valence-corrected chi connectivity index (χ0v) is 18.0. The van der Waals surface area contributed by atoms with Gasteiger partial charge in [-0.05, 0) is 53.9 Å². The van der Waals surface area contributed by atoms with Crippen molar-refractivity contribution in [3.05, 3.63) is 78.1 Å². The molecule has 0 aliphatic carbocycles. The van der Waals surface area contributed by atoms with E-state index in [-0.39, 0.29) is 29.8 Å². The summed E-state index contributed by atoms with van der Waals surface area (Å²) in [6, 6.07) is 18.9. The van der Waals surface area contributed by atoms with Crippen LogP contribution in [0.3, 0.4) is 0 Å². The van der Waals surface area contributed by atoms with Crippen molar-refractivity contribution < 1.29 is 22.3 Å². The second-order valence-electron chi connectivity index (χ2n) is 7.88. The first kappa shape index (κ1) is 21.3. The Balaban J connectivity index is 1.62. The van der Waals surface area contributed by atoms with E-state index in [1.165, 1.54) is 24.3 Å². The highest BCUT2D eigenvalue weighted by atomic mass is 32.2. The van der Waals surface area contributed by atoms with E-state index in [4.69, 9.17) is 4.74 Å². The number of ether oxygens (including phenoxy) is 1. The third-order valence-electron chi connectivity index (χ3n) is 5.63. The molecule has 4 rings (SSSR count). The van der Waals surface area contributed by atoms with Gasteiger partial charge in [0.05, 0.1) is 11.5 Å². The van der Waals surface area contributed by atoms with Gasteiger partial charge in [0.15, 0.2) is 15.9 Å². The summed E-state index contributed by atoms with van der Waals surface area (Å²) >= 11 is 0. The van der Waals surface area contributed by atoms with Gasteiger partial charge in [-0.2, -0.15) is 0 Å². The van der Waals surface area contributed by atoms with Gasteiger partial charge in [-0.1, -0.05) is 42.5 Å². The number of sulfone groups is 1. The van der Waals surface area contributed by atoms with E-state index in [2.05, 4.69) is 0 Å². The molecule has 162 valence electrons. The average molecular weight is 442 g/mol. The van der Waals surface area contributed by atoms with Gasteiger partial charge in [0.2, 0.25) is 0 Å². The Morgan fingerprint density at radius 3 is 2.52 bits per heavy atom. The number of halogens is 1. The first-order valence-corrected chi connectivity index (χ1v) is 12.0. The van der Waals surface area contributed by atoms with Crippen LogP contribution >= 0.6 is 0 Å². The first-order valence-electron chi connectivity index (χ1n) is 10.2. The lowest BCUT2D eigenvalue weighted by Gasteiger charge is -2.31. The molecular formula is C24H24FNO4S. The van der Waals surface area contributed by atoms with Crippen molar-refractivity contribution in [1.29, 1.82) is 0 Å². The lowest BCUT2D eigenvalue weighted by Crippen LogP contribution is -2.46. The van der Waals surface area contributed by atoms with E-state index in [0.717, 1.165) is 16.3 Å². The maximum atomic E-state index is 13.4. The van der Waals surface area contributed by atoms with E-state index in [1.54, 1.807) is 11.8 Å². The molecule has 0 N–H and O–H groups in total. The first-order chi connectivity index (χ1) is 14.8. The van der Waals surface area contributed by atoms with Crippen molar-refractivity contribution in [2.75, 3.05) is 11.5 Å². The highest BCUT2D eigenvalue weighted by molar-refractivity contribution is 7.91. The Bertz CT molecular complexity index is 1190. The van der Waals surface area contributed by atoms with Crippen molar-refractivity contribution in [3.63, 3.8) is 0 Å². The summed E-state index contributed by atoms with van der Waals surface area (Å²) in [4.78, 5) is 15.0. The van der Waals surface area contributed by atoms with Crippen molar-refractivity contribution in [2.45, 2.75) is 32.0 Å². The summed E-state index contributed by atoms with van der Waals surface area (Å²) in [5.41, 5.74) is 0.949. The van der Waals surface area contributed by atoms with Crippen LogP contribution in [0.1, 0.15) is 18.9 Å². The van der Waals surface area contributed by atoms with Crippen LogP contribution in [-0.4, -0.2) is 42.9 Å². The molecule has 0 radical (unpaired) electrons. The van der Waals surface area contributed by atoms with Gasteiger partial charge in [-0.25, -0.2) is 12.8 Å². The molecule has 0 spiro atoms. The molecule has 1 heterocycles. The highest BCUT2D eigenvalue weighted by Crippen LogP contribution is 2.26. The fourth-order valence-corrected chi connectivity index (χ4v) is 5.75. The van der Waals surface area contributed by atoms with E-state index in [0.29, 0.717) is 12.2 Å². The smallest absolute Gasteiger partial charge is 0.263 e. The molecule has 1 aliphatic rings. The number of carbonyl (C=O) groups is 1. The standard InChI is InChI=1S/C24H24FNO4S/c1-17(30-22-11-9-20(25)10-12-22)24(27)26(21-13-14-31(28,29)16-21)15-19-7-4-6-18-5-2-3-8-23(18)19/h2-12,17,21H,13-16H2,1H3. The summed E-state index contributed by atoms with van der Waals surface area (Å²) in [5, 5.41) is 2.08. The molecule has 31 heavy (non-hydrogen) atoms. The summed E-state index contributed by atoms with van der Waals surface area (Å²) in [7, 11) is -3.17. The predicted molar refractivity (Wildman–Crippen MR) is 118 cm³/mol. The molecule has 7 heteroatoms. The molecule has 2 unspecified atom stereocenters. The number of nitrogens with zero attached hydrogens (tertiary/aromatic N) is 1. The molecule has 1 aliphatic heterocycles. The van der Waals surface area contributed by atoms with Gasteiger partial charge in [0.25, 0.3) is 5.91 Å². The van der Waals surface area contributed by atoms with Crippen LogP contribution in [-0.2, 0) is 21.2 Å². The van der Waals surface area contributed by atoms with Gasteiger partial charge >= 0.3 is 0 Å². The Hall–Kier alpha value is -2.93. The zero-order valence-electron chi connectivity index (χ0n) is 17.2. The summed E-state index contributed by atoms with van der Waals surface area (Å²) in [5.74, 6) is -0.275. The van der Waals surface area contributed by atoms with Crippen LogP contribution in [0, 0.1) is 5.82 Å². The highest BCUT2D eigenvalue weighted by Gasteiger charge is 2.36. The largest absolute Gasteiger partial charge is 0.481 e. The topological polar surface area (TPSA) is 63.7 Å². The van der Waals surface area contributed by atoms with Crippen LogP contribution in [0.15, 0.2) is 66.7 Å². The van der Waals surface area contributed by atoms with Gasteiger partial charge in [0, 0.05) is 12.6 Å². The molecule has 1 fully saturated rings. The zero-order chi connectivity index (χ0) is 22.0. The fourth-order valence-electron chi connectivity index (χ4n) is 4.02. The monoisotopic (exact) mass is 441 g/mol. The SMILES string of the molecule is CC(Oc1ccc(F)cc1)C(=O)N(Cc1cccc2ccccc12)C1CCS(=O)(=O)C1. The van der Waals surface area contributed by atoms with Gasteiger partial charge in [-0.3, -0.25) is 4.79 Å². The summed E-state index contributed by atoms with van der Waals surface area (Å²) in [6.07, 6.45) is -0.439. The van der Waals surface area contributed by atoms with Crippen LogP contribution in [0.2, 0.25) is 0 Å². The lowest BCUT2D eigenvalue weighted by atomic mass is 10.0. The van der Waals surface area contributed by atoms with Crippen LogP contribution in [0.4, 0.5) is 4.39 Å². The molecule has 0 bridgehead atoms. The number of amides is 1. The summed E-state index contributed by atoms with van der Waals surface area (Å²) < 4.78 is 43.2. The van der Waals surface area contributed by atoms with Crippen molar-refractivity contribution in [3.8, 4) is 5.75 Å². The van der Waals surface area contributed by atoms with Crippen LogP contribution < -0.4 is 4.74 Å². The third kappa shape index (κ3) is 4.88. The minimum atomic E-state index is -3.17. The predicted octanol–water partition coefficient (Wildman–Crippen LogP) is 3.96. The molecule has 2 atom stereocenters. The van der Waals surface area contributed by atoms with Gasteiger partial charge in [-0.15, -0.1) is 0 Å². The van der Waals surface area contributed by atoms with Crippen molar-refractivity contribution >= 4 is 26.5 Å². The Morgan fingerprint density at radius 2 is 1.81 bits per heavy atom. The number of benzene rings is 3. The molecule has 1 saturated heterocycles. The average Bonchev–Trinajstić information content (AvgIpc) is 3.12. The maximum Gasteiger partial charge on any atom is 0.263 e. The van der Waals surface area contributed by atoms with Crippen molar-refractivity contribution in [2.24, 2.45) is 0 Å². The van der Waals surface area contributed by atoms with Gasteiger partial charge < -0.3 is 9.64 Å². The fraction of sp³-hybridized carbons (Fsp3) is 0.292. The minimum Gasteiger partial charge on any atom is -0.481 e. The van der Waals surface area contributed by atoms with Gasteiger partial charge in [0.1, 0.15) is 11.6 Å². The van der Waals surface area contributed by atoms with Crippen molar-refractivity contribution in [1.82, 2.24) is 4.90 Å². The third-order valence-corrected chi connectivity index (χ3v) is 7.38. The minimum absolute atomic E-state index is 0.0488. The second-order valence-corrected chi connectivity index (χ2v) is 10.1. The number of hydrogen-bond acceptors (Lipinski definition) is 4. The molecule has 3 aromatic rings. The number of rotatable bonds is 6. The van der Waals surface area contributed by atoms with Crippen LogP contribution in [0.25, 0.3) is 10.8 Å². The quantitative estimate of drug-likeness (QED) is 0.581. The molecular weight excluding hydrogens is 417 g/mol. The molecule has 0 aromatic heterocycles. The van der Waals surface area contributed by atoms with Crippen LogP contribution in [0.5, 0.6) is 5.75 Å². The van der Waals surface area contributed by atoms with E-state index >= 15 is 0 Å². The molecule has 5 nitrogen and oxygen atoms in total. The van der Waals surface area contributed by atoms with E-state index in [9.17, 15) is 17.6 Å².